The first-order valence-electron chi connectivity index (χ1n) is 16.4. The third-order valence-corrected chi connectivity index (χ3v) is 8.51. The Labute approximate surface area is 341 Å². The summed E-state index contributed by atoms with van der Waals surface area (Å²) in [4.78, 5) is 36.9. The molecule has 6 rings (SSSR count). The zero-order valence-electron chi connectivity index (χ0n) is 30.3. The molecule has 11 nitrogen and oxygen atoms in total. The van der Waals surface area contributed by atoms with Gasteiger partial charge >= 0.3 is 18.3 Å². The summed E-state index contributed by atoms with van der Waals surface area (Å²) in [7, 11) is 0. The van der Waals surface area contributed by atoms with Crippen molar-refractivity contribution in [2.75, 3.05) is 11.1 Å². The molecule has 0 spiro atoms. The first-order valence-corrected chi connectivity index (χ1v) is 17.2. The summed E-state index contributed by atoms with van der Waals surface area (Å²) in [6, 6.07) is 21.3. The van der Waals surface area contributed by atoms with Crippen LogP contribution in [0.15, 0.2) is 97.6 Å². The molecule has 0 fully saturated rings. The lowest BCUT2D eigenvalue weighted by atomic mass is 10.00. The average molecular weight is 852 g/mol. The van der Waals surface area contributed by atoms with Gasteiger partial charge in [-0.2, -0.15) is 36.9 Å². The molecule has 4 N–H and O–H groups in total. The number of carbonyl (C=O) groups is 2. The lowest BCUT2D eigenvalue weighted by molar-refractivity contribution is -0.142. The van der Waals surface area contributed by atoms with Crippen molar-refractivity contribution in [1.29, 1.82) is 10.5 Å². The second-order valence-electron chi connectivity index (χ2n) is 12.1. The van der Waals surface area contributed by atoms with Gasteiger partial charge in [-0.15, -0.1) is 0 Å². The maximum Gasteiger partial charge on any atom is 0.433 e. The number of nitrogens with one attached hydrogen (secondary N) is 1. The van der Waals surface area contributed by atoms with E-state index >= 15 is 0 Å². The number of carbonyl (C=O) groups excluding carboxylic acids is 1. The van der Waals surface area contributed by atoms with Crippen LogP contribution in [0.5, 0.6) is 0 Å². The predicted molar refractivity (Wildman–Crippen MR) is 206 cm³/mol. The van der Waals surface area contributed by atoms with Crippen LogP contribution in [0.3, 0.4) is 0 Å². The lowest BCUT2D eigenvalue weighted by Gasteiger charge is -2.12. The van der Waals surface area contributed by atoms with Crippen LogP contribution in [0.25, 0.3) is 22.3 Å². The van der Waals surface area contributed by atoms with Crippen molar-refractivity contribution >= 4 is 46.5 Å². The summed E-state index contributed by atoms with van der Waals surface area (Å²) in [5, 5.41) is 29.3. The molecule has 0 aliphatic heterocycles. The number of aromatic carboxylic acids is 1. The first kappa shape index (κ1) is 44.6. The SMILES string of the molecule is Cc1ccc(N)cc1-c1cnc(Cl)c(C#N)c1.Cc1ccc(NC(=O)c2ccnc(C(F)(F)F)c2)cc1-c1cnc(Cl)c(C#N)c1.O=C(O)c1ccnc(C(F)(F)F)c1. The number of halogens is 8. The summed E-state index contributed by atoms with van der Waals surface area (Å²) in [6.45, 7) is 3.81. The number of rotatable bonds is 5. The van der Waals surface area contributed by atoms with Gasteiger partial charge in [0.25, 0.3) is 5.91 Å². The second kappa shape index (κ2) is 18.9. The number of aromatic nitrogens is 4. The number of amides is 1. The summed E-state index contributed by atoms with van der Waals surface area (Å²) >= 11 is 11.7. The van der Waals surface area contributed by atoms with Crippen LogP contribution in [-0.2, 0) is 12.4 Å². The van der Waals surface area contributed by atoms with Gasteiger partial charge < -0.3 is 16.2 Å². The van der Waals surface area contributed by atoms with Crippen molar-refractivity contribution in [3.8, 4) is 34.4 Å². The van der Waals surface area contributed by atoms with Gasteiger partial charge in [-0.25, -0.2) is 14.8 Å². The molecule has 300 valence electrons. The Morgan fingerprint density at radius 1 is 0.678 bits per heavy atom. The molecule has 0 aliphatic carbocycles. The first-order chi connectivity index (χ1) is 27.7. The number of nitriles is 2. The van der Waals surface area contributed by atoms with Gasteiger partial charge in [0.15, 0.2) is 0 Å². The maximum atomic E-state index is 12.8. The fourth-order valence-electron chi connectivity index (χ4n) is 4.96. The molecule has 19 heteroatoms. The van der Waals surface area contributed by atoms with Gasteiger partial charge in [-0.05, 0) is 96.8 Å². The van der Waals surface area contributed by atoms with Crippen molar-refractivity contribution in [3.63, 3.8) is 0 Å². The number of nitrogen functional groups attached to an aromatic ring is 1. The van der Waals surface area contributed by atoms with Crippen molar-refractivity contribution in [2.45, 2.75) is 26.2 Å². The number of benzene rings is 2. The highest BCUT2D eigenvalue weighted by atomic mass is 35.5. The molecule has 0 bridgehead atoms. The van der Waals surface area contributed by atoms with Crippen molar-refractivity contribution in [1.82, 2.24) is 19.9 Å². The molecule has 1 amide bonds. The number of carboxylic acid groups (broad SMARTS) is 1. The van der Waals surface area contributed by atoms with E-state index in [1.165, 1.54) is 12.3 Å². The molecule has 4 heterocycles. The number of pyridine rings is 4. The van der Waals surface area contributed by atoms with E-state index < -0.39 is 41.2 Å². The van der Waals surface area contributed by atoms with Crippen LogP contribution in [0, 0.1) is 36.5 Å². The molecule has 0 unspecified atom stereocenters. The molecule has 6 aromatic rings. The van der Waals surface area contributed by atoms with E-state index in [2.05, 4.69) is 25.3 Å². The Morgan fingerprint density at radius 3 is 1.61 bits per heavy atom. The Bertz CT molecular complexity index is 2630. The van der Waals surface area contributed by atoms with Crippen LogP contribution < -0.4 is 11.1 Å². The third-order valence-electron chi connectivity index (χ3n) is 7.91. The Kier molecular flexibility index (Phi) is 14.3. The van der Waals surface area contributed by atoms with Crippen LogP contribution in [0.1, 0.15) is 54.4 Å². The monoisotopic (exact) mass is 850 g/mol. The summed E-state index contributed by atoms with van der Waals surface area (Å²) < 4.78 is 74.3. The molecular formula is C40H26Cl2F6N8O3. The van der Waals surface area contributed by atoms with Gasteiger partial charge in [-0.1, -0.05) is 35.3 Å². The van der Waals surface area contributed by atoms with E-state index in [-0.39, 0.29) is 21.4 Å². The minimum Gasteiger partial charge on any atom is -0.478 e. The summed E-state index contributed by atoms with van der Waals surface area (Å²) in [5.41, 5.74) is 9.46. The Hall–Kier alpha value is -7.08. The fraction of sp³-hybridized carbons (Fsp3) is 0.100. The maximum absolute atomic E-state index is 12.8. The van der Waals surface area contributed by atoms with Crippen molar-refractivity contribution in [3.05, 3.63) is 153 Å². The Morgan fingerprint density at radius 2 is 1.14 bits per heavy atom. The van der Waals surface area contributed by atoms with E-state index in [0.29, 0.717) is 40.2 Å². The average Bonchev–Trinajstić information content (AvgIpc) is 3.20. The molecule has 0 saturated heterocycles. The zero-order valence-corrected chi connectivity index (χ0v) is 31.8. The number of carboxylic acids is 1. The molecule has 0 aliphatic rings. The minimum atomic E-state index is -4.65. The second-order valence-corrected chi connectivity index (χ2v) is 12.8. The van der Waals surface area contributed by atoms with E-state index in [1.54, 1.807) is 36.5 Å². The fourth-order valence-corrected chi connectivity index (χ4v) is 5.25. The molecule has 4 aromatic heterocycles. The zero-order chi connectivity index (χ0) is 43.7. The van der Waals surface area contributed by atoms with Crippen LogP contribution in [0.2, 0.25) is 10.3 Å². The van der Waals surface area contributed by atoms with Gasteiger partial charge in [0.1, 0.15) is 33.8 Å². The van der Waals surface area contributed by atoms with Crippen molar-refractivity contribution in [2.24, 2.45) is 0 Å². The number of nitrogens with two attached hydrogens (primary N) is 1. The number of nitrogens with zero attached hydrogens (tertiary/aromatic N) is 6. The Balaban J connectivity index is 0.000000216. The summed E-state index contributed by atoms with van der Waals surface area (Å²) in [5.74, 6) is -2.12. The third kappa shape index (κ3) is 12.0. The van der Waals surface area contributed by atoms with Crippen LogP contribution in [0.4, 0.5) is 37.7 Å². The molecular weight excluding hydrogens is 825 g/mol. The highest BCUT2D eigenvalue weighted by molar-refractivity contribution is 6.30. The number of hydrogen-bond donors (Lipinski definition) is 3. The van der Waals surface area contributed by atoms with Crippen molar-refractivity contribution < 1.29 is 41.0 Å². The van der Waals surface area contributed by atoms with E-state index in [9.17, 15) is 35.9 Å². The van der Waals surface area contributed by atoms with E-state index in [1.807, 2.05) is 44.2 Å². The van der Waals surface area contributed by atoms with Gasteiger partial charge in [0.2, 0.25) is 0 Å². The van der Waals surface area contributed by atoms with Gasteiger partial charge in [0.05, 0.1) is 16.7 Å². The highest BCUT2D eigenvalue weighted by Crippen LogP contribution is 2.31. The van der Waals surface area contributed by atoms with Gasteiger partial charge in [-0.3, -0.25) is 14.8 Å². The number of hydrogen-bond acceptors (Lipinski definition) is 9. The molecule has 2 aromatic carbocycles. The van der Waals surface area contributed by atoms with E-state index in [0.717, 1.165) is 40.7 Å². The summed E-state index contributed by atoms with van der Waals surface area (Å²) in [6.07, 6.45) is -4.37. The molecule has 0 saturated carbocycles. The largest absolute Gasteiger partial charge is 0.478 e. The van der Waals surface area contributed by atoms with Crippen LogP contribution >= 0.6 is 23.2 Å². The molecule has 0 atom stereocenters. The quantitative estimate of drug-likeness (QED) is 0.0854. The van der Waals surface area contributed by atoms with Gasteiger partial charge in [0, 0.05) is 52.9 Å². The number of aryl methyl sites for hydroxylation is 2. The molecule has 0 radical (unpaired) electrons. The minimum absolute atomic E-state index is 0.0801. The van der Waals surface area contributed by atoms with Crippen LogP contribution in [-0.4, -0.2) is 36.9 Å². The topological polar surface area (TPSA) is 192 Å². The highest BCUT2D eigenvalue weighted by Gasteiger charge is 2.33. The standard InChI is InChI=1S/C20H12ClF3N4O.C13H10ClN3.C7H4F3NO2/c1-11-2-3-15(8-16(11)14-6-13(9-25)18(21)27-10-14)28-19(29)12-4-5-26-17(7-12)20(22,23)24;1-8-2-3-11(16)5-12(8)10-4-9(6-15)13(14)17-7-10;8-7(9,10)5-3-4(6(12)13)1-2-11-5/h2-8,10H,1H3,(H,28,29);2-5,7H,16H2,1H3;1-3H,(H,12,13). The number of anilines is 2. The van der Waals surface area contributed by atoms with E-state index in [4.69, 9.17) is 44.6 Å². The number of alkyl halides is 6. The lowest BCUT2D eigenvalue weighted by Crippen LogP contribution is -2.15. The smallest absolute Gasteiger partial charge is 0.433 e. The normalized spacial score (nSPS) is 10.8. The predicted octanol–water partition coefficient (Wildman–Crippen LogP) is 10.2. The molecule has 59 heavy (non-hydrogen) atoms.